The van der Waals surface area contributed by atoms with Crippen LogP contribution in [0.15, 0.2) is 72.8 Å². The van der Waals surface area contributed by atoms with Crippen LogP contribution in [-0.2, 0) is 0 Å². The van der Waals surface area contributed by atoms with Crippen LogP contribution in [0.25, 0.3) is 0 Å². The molecule has 6 nitrogen and oxygen atoms in total. The summed E-state index contributed by atoms with van der Waals surface area (Å²) in [7, 11) is 1.52. The average molecular weight is 418 g/mol. The number of fused-ring (bicyclic) bond motifs is 1. The lowest BCUT2D eigenvalue weighted by molar-refractivity contribution is 0.0654. The fraction of sp³-hybridized carbons (Fsp3) is 0.125. The molecule has 0 spiro atoms. The molecule has 1 aliphatic heterocycles. The summed E-state index contributed by atoms with van der Waals surface area (Å²) in [5, 5.41) is 0. The number of halogens is 1. The van der Waals surface area contributed by atoms with E-state index in [4.69, 9.17) is 4.74 Å². The summed E-state index contributed by atoms with van der Waals surface area (Å²) in [6.07, 6.45) is 0. The predicted molar refractivity (Wildman–Crippen MR) is 113 cm³/mol. The van der Waals surface area contributed by atoms with E-state index in [1.54, 1.807) is 48.5 Å². The van der Waals surface area contributed by atoms with Crippen molar-refractivity contribution in [1.29, 1.82) is 0 Å². The van der Waals surface area contributed by atoms with Crippen LogP contribution in [0.2, 0.25) is 0 Å². The first-order valence-electron chi connectivity index (χ1n) is 9.66. The molecule has 3 aromatic rings. The molecule has 0 saturated heterocycles. The van der Waals surface area contributed by atoms with Gasteiger partial charge in [0.15, 0.2) is 0 Å². The SMILES string of the molecule is COc1cccc(N(CCN2C(=O)c3ccccc3C2=O)C(=O)c2ccc(F)cc2)c1. The maximum atomic E-state index is 13.3. The summed E-state index contributed by atoms with van der Waals surface area (Å²) in [6.45, 7) is 0.0747. The quantitative estimate of drug-likeness (QED) is 0.572. The first-order chi connectivity index (χ1) is 15.0. The van der Waals surface area contributed by atoms with Crippen LogP contribution < -0.4 is 9.64 Å². The number of benzene rings is 3. The molecule has 7 heteroatoms. The lowest BCUT2D eigenvalue weighted by Crippen LogP contribution is -2.41. The van der Waals surface area contributed by atoms with Gasteiger partial charge in [-0.05, 0) is 48.5 Å². The molecule has 1 heterocycles. The van der Waals surface area contributed by atoms with Crippen molar-refractivity contribution in [2.75, 3.05) is 25.1 Å². The molecular formula is C24H19FN2O4. The van der Waals surface area contributed by atoms with E-state index in [1.165, 1.54) is 36.3 Å². The summed E-state index contributed by atoms with van der Waals surface area (Å²) in [5.41, 5.74) is 1.52. The Hall–Kier alpha value is -4.00. The number of methoxy groups -OCH3 is 1. The van der Waals surface area contributed by atoms with Gasteiger partial charge in [0, 0.05) is 30.4 Å². The fourth-order valence-corrected chi connectivity index (χ4v) is 3.52. The van der Waals surface area contributed by atoms with Crippen LogP contribution in [-0.4, -0.2) is 42.8 Å². The molecule has 0 unspecified atom stereocenters. The maximum absolute atomic E-state index is 13.3. The third-order valence-corrected chi connectivity index (χ3v) is 5.13. The highest BCUT2D eigenvalue weighted by atomic mass is 19.1. The van der Waals surface area contributed by atoms with Gasteiger partial charge >= 0.3 is 0 Å². The van der Waals surface area contributed by atoms with E-state index < -0.39 is 5.82 Å². The highest BCUT2D eigenvalue weighted by Gasteiger charge is 2.35. The van der Waals surface area contributed by atoms with Crippen molar-refractivity contribution in [2.45, 2.75) is 0 Å². The first kappa shape index (κ1) is 20.3. The normalized spacial score (nSPS) is 12.6. The molecule has 3 amide bonds. The van der Waals surface area contributed by atoms with Gasteiger partial charge in [-0.25, -0.2) is 4.39 Å². The van der Waals surface area contributed by atoms with Gasteiger partial charge in [0.1, 0.15) is 11.6 Å². The second-order valence-electron chi connectivity index (χ2n) is 6.97. The minimum Gasteiger partial charge on any atom is -0.497 e. The summed E-state index contributed by atoms with van der Waals surface area (Å²) in [6, 6.07) is 18.7. The zero-order valence-corrected chi connectivity index (χ0v) is 16.7. The Morgan fingerprint density at radius 2 is 1.58 bits per heavy atom. The molecule has 0 fully saturated rings. The monoisotopic (exact) mass is 418 g/mol. The van der Waals surface area contributed by atoms with Crippen LogP contribution in [0.5, 0.6) is 5.75 Å². The summed E-state index contributed by atoms with van der Waals surface area (Å²) in [4.78, 5) is 41.1. The first-order valence-corrected chi connectivity index (χ1v) is 9.66. The zero-order valence-electron chi connectivity index (χ0n) is 16.7. The molecule has 0 radical (unpaired) electrons. The van der Waals surface area contributed by atoms with E-state index in [-0.39, 0.29) is 36.4 Å². The lowest BCUT2D eigenvalue weighted by Gasteiger charge is -2.25. The van der Waals surface area contributed by atoms with Crippen LogP contribution in [0.3, 0.4) is 0 Å². The molecule has 0 atom stereocenters. The third-order valence-electron chi connectivity index (χ3n) is 5.13. The van der Waals surface area contributed by atoms with Gasteiger partial charge in [-0.3, -0.25) is 19.3 Å². The standard InChI is InChI=1S/C24H19FN2O4/c1-31-19-6-4-5-18(15-19)26(22(28)16-9-11-17(25)12-10-16)13-14-27-23(29)20-7-2-3-8-21(20)24(27)30/h2-12,15H,13-14H2,1H3. The molecule has 0 saturated carbocycles. The van der Waals surface area contributed by atoms with Gasteiger partial charge in [-0.15, -0.1) is 0 Å². The Morgan fingerprint density at radius 3 is 2.19 bits per heavy atom. The maximum Gasteiger partial charge on any atom is 0.261 e. The van der Waals surface area contributed by atoms with Crippen LogP contribution in [0, 0.1) is 5.82 Å². The van der Waals surface area contributed by atoms with Crippen molar-refractivity contribution < 1.29 is 23.5 Å². The van der Waals surface area contributed by atoms with E-state index in [0.29, 0.717) is 22.6 Å². The van der Waals surface area contributed by atoms with Crippen molar-refractivity contribution in [3.8, 4) is 5.75 Å². The van der Waals surface area contributed by atoms with Crippen molar-refractivity contribution in [3.63, 3.8) is 0 Å². The van der Waals surface area contributed by atoms with E-state index in [2.05, 4.69) is 0 Å². The number of amides is 3. The van der Waals surface area contributed by atoms with Crippen molar-refractivity contribution in [3.05, 3.63) is 95.3 Å². The number of hydrogen-bond donors (Lipinski definition) is 0. The molecule has 1 aliphatic rings. The Bertz CT molecular complexity index is 1130. The molecule has 0 N–H and O–H groups in total. The predicted octanol–water partition coefficient (Wildman–Crippen LogP) is 3.78. The number of nitrogens with zero attached hydrogens (tertiary/aromatic N) is 2. The molecule has 0 bridgehead atoms. The molecule has 0 aromatic heterocycles. The van der Waals surface area contributed by atoms with Gasteiger partial charge in [0.05, 0.1) is 18.2 Å². The highest BCUT2D eigenvalue weighted by molar-refractivity contribution is 6.21. The Labute approximate surface area is 178 Å². The van der Waals surface area contributed by atoms with E-state index in [1.807, 2.05) is 0 Å². The largest absolute Gasteiger partial charge is 0.497 e. The van der Waals surface area contributed by atoms with Gasteiger partial charge < -0.3 is 9.64 Å². The summed E-state index contributed by atoms with van der Waals surface area (Å²) in [5.74, 6) is -1.06. The number of anilines is 1. The average Bonchev–Trinajstić information content (AvgIpc) is 3.04. The minimum absolute atomic E-state index is 0.0104. The van der Waals surface area contributed by atoms with Gasteiger partial charge in [-0.2, -0.15) is 0 Å². The zero-order chi connectivity index (χ0) is 22.0. The second-order valence-corrected chi connectivity index (χ2v) is 6.97. The van der Waals surface area contributed by atoms with E-state index in [0.717, 1.165) is 4.90 Å². The highest BCUT2D eigenvalue weighted by Crippen LogP contribution is 2.25. The van der Waals surface area contributed by atoms with E-state index >= 15 is 0 Å². The van der Waals surface area contributed by atoms with Crippen LogP contribution in [0.4, 0.5) is 10.1 Å². The Kier molecular flexibility index (Phi) is 5.49. The molecule has 0 aliphatic carbocycles. The Balaban J connectivity index is 1.62. The van der Waals surface area contributed by atoms with Gasteiger partial charge in [-0.1, -0.05) is 18.2 Å². The van der Waals surface area contributed by atoms with E-state index in [9.17, 15) is 18.8 Å². The smallest absolute Gasteiger partial charge is 0.261 e. The molecule has 156 valence electrons. The van der Waals surface area contributed by atoms with Gasteiger partial charge in [0.2, 0.25) is 0 Å². The second kappa shape index (κ2) is 8.39. The molecule has 4 rings (SSSR count). The van der Waals surface area contributed by atoms with Gasteiger partial charge in [0.25, 0.3) is 17.7 Å². The van der Waals surface area contributed by atoms with Crippen LogP contribution >= 0.6 is 0 Å². The Morgan fingerprint density at radius 1 is 0.935 bits per heavy atom. The third kappa shape index (κ3) is 3.90. The number of carbonyl (C=O) groups is 3. The lowest BCUT2D eigenvalue weighted by atomic mass is 10.1. The number of hydrogen-bond acceptors (Lipinski definition) is 4. The summed E-state index contributed by atoms with van der Waals surface area (Å²) >= 11 is 0. The summed E-state index contributed by atoms with van der Waals surface area (Å²) < 4.78 is 18.6. The topological polar surface area (TPSA) is 66.9 Å². The fourth-order valence-electron chi connectivity index (χ4n) is 3.52. The molecular weight excluding hydrogens is 399 g/mol. The number of carbonyl (C=O) groups excluding carboxylic acids is 3. The van der Waals surface area contributed by atoms with Crippen molar-refractivity contribution >= 4 is 23.4 Å². The van der Waals surface area contributed by atoms with Crippen LogP contribution in [0.1, 0.15) is 31.1 Å². The van der Waals surface area contributed by atoms with Crippen molar-refractivity contribution in [2.24, 2.45) is 0 Å². The molecule has 3 aromatic carbocycles. The minimum atomic E-state index is -0.449. The number of rotatable bonds is 6. The van der Waals surface area contributed by atoms with Crippen molar-refractivity contribution in [1.82, 2.24) is 4.90 Å². The number of imide groups is 1. The molecule has 31 heavy (non-hydrogen) atoms. The number of ether oxygens (including phenoxy) is 1.